The predicted molar refractivity (Wildman–Crippen MR) is 219 cm³/mol. The molecular formula is C39H42Cl2N6O7S2. The van der Waals surface area contributed by atoms with Crippen LogP contribution in [0.2, 0.25) is 5.15 Å². The van der Waals surface area contributed by atoms with E-state index in [0.29, 0.717) is 35.6 Å². The number of nitrogens with zero attached hydrogens (tertiary/aromatic N) is 4. The van der Waals surface area contributed by atoms with Crippen LogP contribution in [0.4, 0.5) is 4.79 Å². The van der Waals surface area contributed by atoms with E-state index in [9.17, 15) is 31.5 Å². The van der Waals surface area contributed by atoms with Crippen molar-refractivity contribution in [3.8, 4) is 22.5 Å². The largest absolute Gasteiger partial charge is 0.465 e. The fourth-order valence-electron chi connectivity index (χ4n) is 5.70. The molecule has 6 aromatic rings. The van der Waals surface area contributed by atoms with Gasteiger partial charge in [0, 0.05) is 43.9 Å². The molecule has 56 heavy (non-hydrogen) atoms. The Balaban J connectivity index is 0.000000252. The number of benzene rings is 2. The lowest BCUT2D eigenvalue weighted by atomic mass is 9.96. The molecule has 0 atom stereocenters. The molecule has 0 aliphatic rings. The van der Waals surface area contributed by atoms with E-state index in [1.807, 2.05) is 75.4 Å². The van der Waals surface area contributed by atoms with Crippen molar-refractivity contribution in [2.75, 3.05) is 13.6 Å². The lowest BCUT2D eigenvalue weighted by molar-refractivity contribution is 0.123. The van der Waals surface area contributed by atoms with E-state index in [1.54, 1.807) is 31.4 Å². The molecule has 13 nitrogen and oxygen atoms in total. The van der Waals surface area contributed by atoms with Crippen LogP contribution in [0.15, 0.2) is 136 Å². The number of rotatable bonds is 11. The standard InChI is InChI=1S/C22H24ClN3O4S.C17H17N3O3S.ClH/c1-22(2,3)15-25(21(27)28)13-16-11-19(17-7-5-4-6-8-17)26(14-16)31(29,30)18-9-10-20(23)24-12-18;1-18-10-13-9-16(14-5-3-2-4-6-14)20(12-13)24(22,23)15-7-8-17(21)19-11-15;/h4-12,14H,13,15H2,1-3H3,(H,27,28);2-9,11-12,18H,10H2,1H3,(H,19,21);1H. The highest BCUT2D eigenvalue weighted by atomic mass is 35.5. The second-order valence-electron chi connectivity index (χ2n) is 13.7. The van der Waals surface area contributed by atoms with Crippen LogP contribution in [0, 0.1) is 5.41 Å². The zero-order valence-electron chi connectivity index (χ0n) is 31.0. The number of hydrogen-bond donors (Lipinski definition) is 3. The number of aromatic nitrogens is 4. The third-order valence-corrected chi connectivity index (χ3v) is 11.6. The summed E-state index contributed by atoms with van der Waals surface area (Å²) in [4.78, 5) is 30.6. The molecule has 2 aromatic carbocycles. The summed E-state index contributed by atoms with van der Waals surface area (Å²) < 4.78 is 55.1. The van der Waals surface area contributed by atoms with Gasteiger partial charge in [0.25, 0.3) is 20.0 Å². The highest BCUT2D eigenvalue weighted by molar-refractivity contribution is 7.90. The highest BCUT2D eigenvalue weighted by Gasteiger charge is 2.26. The van der Waals surface area contributed by atoms with E-state index in [-0.39, 0.29) is 44.9 Å². The average Bonchev–Trinajstić information content (AvgIpc) is 3.78. The average molecular weight is 842 g/mol. The van der Waals surface area contributed by atoms with Gasteiger partial charge in [0.15, 0.2) is 0 Å². The summed E-state index contributed by atoms with van der Waals surface area (Å²) in [6.45, 7) is 6.76. The minimum Gasteiger partial charge on any atom is -0.465 e. The van der Waals surface area contributed by atoms with Crippen LogP contribution in [0.25, 0.3) is 22.5 Å². The first kappa shape index (κ1) is 43.5. The molecule has 296 valence electrons. The molecule has 0 unspecified atom stereocenters. The van der Waals surface area contributed by atoms with Crippen molar-refractivity contribution in [2.45, 2.75) is 43.7 Å². The number of amides is 1. The molecule has 4 heterocycles. The molecule has 0 saturated heterocycles. The molecule has 0 spiro atoms. The predicted octanol–water partition coefficient (Wildman–Crippen LogP) is 7.19. The Morgan fingerprint density at radius 3 is 1.80 bits per heavy atom. The third kappa shape index (κ3) is 10.6. The first-order valence-corrected chi connectivity index (χ1v) is 20.2. The number of H-pyrrole nitrogens is 1. The van der Waals surface area contributed by atoms with Crippen LogP contribution < -0.4 is 10.9 Å². The van der Waals surface area contributed by atoms with Gasteiger partial charge in [-0.15, -0.1) is 12.4 Å². The number of hydrogen-bond acceptors (Lipinski definition) is 8. The number of pyridine rings is 2. The van der Waals surface area contributed by atoms with Crippen LogP contribution in [-0.2, 0) is 33.1 Å². The number of halogens is 2. The van der Waals surface area contributed by atoms with Gasteiger partial charge >= 0.3 is 6.09 Å². The Kier molecular flexibility index (Phi) is 14.1. The SMILES string of the molecule is CC(C)(C)CN(Cc1cc(-c2ccccc2)n(S(=O)(=O)c2ccc(Cl)nc2)c1)C(=O)O.CNCc1cc(-c2ccccc2)n(S(=O)(=O)c2ccc(=O)[nH]c2)c1.Cl. The monoisotopic (exact) mass is 840 g/mol. The third-order valence-electron chi connectivity index (χ3n) is 8.08. The topological polar surface area (TPSA) is 176 Å². The van der Waals surface area contributed by atoms with Gasteiger partial charge in [-0.3, -0.25) is 4.79 Å². The normalized spacial score (nSPS) is 11.6. The Labute approximate surface area is 337 Å². The summed E-state index contributed by atoms with van der Waals surface area (Å²) in [5.74, 6) is 0. The number of aromatic amines is 1. The zero-order chi connectivity index (χ0) is 40.0. The van der Waals surface area contributed by atoms with Crippen molar-refractivity contribution in [2.24, 2.45) is 5.41 Å². The van der Waals surface area contributed by atoms with E-state index < -0.39 is 26.1 Å². The van der Waals surface area contributed by atoms with Crippen molar-refractivity contribution < 1.29 is 26.7 Å². The smallest absolute Gasteiger partial charge is 0.407 e. The molecule has 6 rings (SSSR count). The van der Waals surface area contributed by atoms with Gasteiger partial charge < -0.3 is 20.3 Å². The first-order valence-electron chi connectivity index (χ1n) is 17.0. The van der Waals surface area contributed by atoms with Crippen LogP contribution in [-0.4, -0.2) is 64.4 Å². The van der Waals surface area contributed by atoms with Crippen LogP contribution in [0.3, 0.4) is 0 Å². The Morgan fingerprint density at radius 1 is 0.821 bits per heavy atom. The number of nitrogens with one attached hydrogen (secondary N) is 2. The zero-order valence-corrected chi connectivity index (χ0v) is 34.2. The maximum atomic E-state index is 13.4. The van der Waals surface area contributed by atoms with Crippen molar-refractivity contribution in [3.05, 3.63) is 148 Å². The molecule has 0 radical (unpaired) electrons. The molecular weight excluding hydrogens is 800 g/mol. The minimum atomic E-state index is -3.98. The van der Waals surface area contributed by atoms with Gasteiger partial charge in [-0.2, -0.15) is 0 Å². The van der Waals surface area contributed by atoms with E-state index >= 15 is 0 Å². The van der Waals surface area contributed by atoms with Gasteiger partial charge in [0.1, 0.15) is 14.9 Å². The summed E-state index contributed by atoms with van der Waals surface area (Å²) >= 11 is 5.80. The fraction of sp³-hybridized carbons (Fsp3) is 0.205. The van der Waals surface area contributed by atoms with E-state index in [0.717, 1.165) is 11.1 Å². The second-order valence-corrected chi connectivity index (χ2v) is 17.8. The fourth-order valence-corrected chi connectivity index (χ4v) is 8.52. The Bertz CT molecular complexity index is 2510. The second kappa shape index (κ2) is 18.2. The van der Waals surface area contributed by atoms with E-state index in [4.69, 9.17) is 11.6 Å². The molecule has 0 bridgehead atoms. The summed E-state index contributed by atoms with van der Waals surface area (Å²) in [6, 6.07) is 27.2. The van der Waals surface area contributed by atoms with E-state index in [1.165, 1.54) is 55.7 Å². The molecule has 17 heteroatoms. The maximum Gasteiger partial charge on any atom is 0.407 e. The lowest BCUT2D eigenvalue weighted by Gasteiger charge is -2.27. The Hall–Kier alpha value is -5.19. The van der Waals surface area contributed by atoms with Crippen molar-refractivity contribution >= 4 is 50.1 Å². The number of carboxylic acid groups (broad SMARTS) is 1. The summed E-state index contributed by atoms with van der Waals surface area (Å²) in [5.41, 5.74) is 3.33. The van der Waals surface area contributed by atoms with Crippen molar-refractivity contribution in [1.29, 1.82) is 0 Å². The highest BCUT2D eigenvalue weighted by Crippen LogP contribution is 2.29. The van der Waals surface area contributed by atoms with Crippen LogP contribution in [0.1, 0.15) is 31.9 Å². The van der Waals surface area contributed by atoms with Gasteiger partial charge in [-0.1, -0.05) is 93.0 Å². The lowest BCUT2D eigenvalue weighted by Crippen LogP contribution is -2.36. The minimum absolute atomic E-state index is 0. The van der Waals surface area contributed by atoms with Crippen molar-refractivity contribution in [1.82, 2.24) is 28.1 Å². The molecule has 3 N–H and O–H groups in total. The molecule has 0 aliphatic carbocycles. The van der Waals surface area contributed by atoms with Gasteiger partial charge in [0.2, 0.25) is 5.56 Å². The summed E-state index contributed by atoms with van der Waals surface area (Å²) in [7, 11) is -5.99. The van der Waals surface area contributed by atoms with Crippen LogP contribution in [0.5, 0.6) is 0 Å². The first-order chi connectivity index (χ1) is 26.0. The molecule has 0 aliphatic heterocycles. The molecule has 0 saturated carbocycles. The van der Waals surface area contributed by atoms with Gasteiger partial charge in [-0.25, -0.2) is 34.6 Å². The van der Waals surface area contributed by atoms with Gasteiger partial charge in [-0.05, 0) is 65.0 Å². The maximum absolute atomic E-state index is 13.4. The number of carbonyl (C=O) groups is 1. The summed E-state index contributed by atoms with van der Waals surface area (Å²) in [6.07, 6.45) is 4.41. The molecule has 0 fully saturated rings. The van der Waals surface area contributed by atoms with Gasteiger partial charge in [0.05, 0.1) is 17.9 Å². The quantitative estimate of drug-likeness (QED) is 0.114. The molecule has 1 amide bonds. The summed E-state index contributed by atoms with van der Waals surface area (Å²) in [5, 5.41) is 12.8. The Morgan fingerprint density at radius 2 is 1.34 bits per heavy atom. The van der Waals surface area contributed by atoms with Crippen molar-refractivity contribution in [3.63, 3.8) is 0 Å². The van der Waals surface area contributed by atoms with Crippen LogP contribution >= 0.6 is 24.0 Å². The van der Waals surface area contributed by atoms with E-state index in [2.05, 4.69) is 15.3 Å². The molecule has 4 aromatic heterocycles.